The molecule has 0 spiro atoms. The smallest absolute Gasteiger partial charge is 0.124 e. The lowest BCUT2D eigenvalue weighted by atomic mass is 9.70. The standard InChI is InChI=1S/C23H31NO3/c1-24(2)16-19-15-20(27-17-18-9-5-4-6-10-18)13-14-23(19,25)21-11-7-8-12-22(21)26-3/h4-12,19-20,25H,13-17H2,1-3H3. The maximum atomic E-state index is 11.7. The van der Waals surface area contributed by atoms with Gasteiger partial charge in [0.1, 0.15) is 5.75 Å². The lowest BCUT2D eigenvalue weighted by Crippen LogP contribution is -2.47. The zero-order chi connectivity index (χ0) is 19.3. The molecule has 3 atom stereocenters. The summed E-state index contributed by atoms with van der Waals surface area (Å²) in [6.07, 6.45) is 2.50. The normalized spacial score (nSPS) is 25.5. The van der Waals surface area contributed by atoms with Crippen molar-refractivity contribution in [2.75, 3.05) is 27.7 Å². The van der Waals surface area contributed by atoms with Crippen LogP contribution in [-0.2, 0) is 16.9 Å². The van der Waals surface area contributed by atoms with Gasteiger partial charge in [-0.25, -0.2) is 0 Å². The number of nitrogens with zero attached hydrogens (tertiary/aromatic N) is 1. The molecule has 0 aromatic heterocycles. The molecule has 3 unspecified atom stereocenters. The number of rotatable bonds is 7. The molecule has 1 N–H and O–H groups in total. The Balaban J connectivity index is 1.76. The lowest BCUT2D eigenvalue weighted by Gasteiger charge is -2.44. The summed E-state index contributed by atoms with van der Waals surface area (Å²) in [6, 6.07) is 18.1. The molecule has 3 rings (SSSR count). The highest BCUT2D eigenvalue weighted by Gasteiger charge is 2.45. The molecule has 0 amide bonds. The second-order valence-electron chi connectivity index (χ2n) is 7.78. The van der Waals surface area contributed by atoms with Crippen LogP contribution in [0, 0.1) is 5.92 Å². The molecule has 2 aromatic carbocycles. The van der Waals surface area contributed by atoms with E-state index in [1.165, 1.54) is 5.56 Å². The third-order valence-corrected chi connectivity index (χ3v) is 5.56. The zero-order valence-corrected chi connectivity index (χ0v) is 16.6. The van der Waals surface area contributed by atoms with Crippen LogP contribution in [0.15, 0.2) is 54.6 Å². The van der Waals surface area contributed by atoms with E-state index in [-0.39, 0.29) is 12.0 Å². The number of methoxy groups -OCH3 is 1. The highest BCUT2D eigenvalue weighted by Crippen LogP contribution is 2.46. The first kappa shape index (κ1) is 19.9. The molecule has 0 saturated heterocycles. The van der Waals surface area contributed by atoms with Crippen LogP contribution in [-0.4, -0.2) is 43.9 Å². The molecule has 0 radical (unpaired) electrons. The van der Waals surface area contributed by atoms with E-state index in [0.29, 0.717) is 13.0 Å². The van der Waals surface area contributed by atoms with Gasteiger partial charge in [-0.3, -0.25) is 0 Å². The van der Waals surface area contributed by atoms with Crippen LogP contribution in [0.25, 0.3) is 0 Å². The summed E-state index contributed by atoms with van der Waals surface area (Å²) >= 11 is 0. The highest BCUT2D eigenvalue weighted by atomic mass is 16.5. The Morgan fingerprint density at radius 3 is 2.48 bits per heavy atom. The summed E-state index contributed by atoms with van der Waals surface area (Å²) in [5, 5.41) is 11.7. The van der Waals surface area contributed by atoms with Gasteiger partial charge in [-0.2, -0.15) is 0 Å². The fourth-order valence-corrected chi connectivity index (χ4v) is 4.18. The number of hydrogen-bond acceptors (Lipinski definition) is 4. The number of ether oxygens (including phenoxy) is 2. The van der Waals surface area contributed by atoms with E-state index in [1.54, 1.807) is 7.11 Å². The number of hydrogen-bond donors (Lipinski definition) is 1. The zero-order valence-electron chi connectivity index (χ0n) is 16.6. The average Bonchev–Trinajstić information content (AvgIpc) is 2.69. The van der Waals surface area contributed by atoms with Crippen LogP contribution in [0.4, 0.5) is 0 Å². The van der Waals surface area contributed by atoms with Gasteiger partial charge in [0.15, 0.2) is 0 Å². The fraction of sp³-hybridized carbons (Fsp3) is 0.478. The van der Waals surface area contributed by atoms with Gasteiger partial charge >= 0.3 is 0 Å². The second kappa shape index (κ2) is 8.87. The predicted octanol–water partition coefficient (Wildman–Crippen LogP) is 3.83. The van der Waals surface area contributed by atoms with Crippen molar-refractivity contribution in [2.24, 2.45) is 5.92 Å². The van der Waals surface area contributed by atoms with Gasteiger partial charge in [-0.1, -0.05) is 48.5 Å². The Labute approximate surface area is 162 Å². The van der Waals surface area contributed by atoms with Crippen molar-refractivity contribution in [3.63, 3.8) is 0 Å². The number of aliphatic hydroxyl groups is 1. The molecule has 1 aliphatic rings. The van der Waals surface area contributed by atoms with Gasteiger partial charge in [0.25, 0.3) is 0 Å². The van der Waals surface area contributed by atoms with Crippen LogP contribution in [0.5, 0.6) is 5.75 Å². The monoisotopic (exact) mass is 369 g/mol. The molecule has 4 nitrogen and oxygen atoms in total. The van der Waals surface area contributed by atoms with E-state index >= 15 is 0 Å². The quantitative estimate of drug-likeness (QED) is 0.805. The molecule has 146 valence electrons. The van der Waals surface area contributed by atoms with Crippen molar-refractivity contribution in [3.8, 4) is 5.75 Å². The van der Waals surface area contributed by atoms with Gasteiger partial charge in [0.2, 0.25) is 0 Å². The second-order valence-corrected chi connectivity index (χ2v) is 7.78. The minimum atomic E-state index is -0.899. The molecule has 2 aromatic rings. The largest absolute Gasteiger partial charge is 0.496 e. The molecular weight excluding hydrogens is 338 g/mol. The number of benzene rings is 2. The van der Waals surface area contributed by atoms with Gasteiger partial charge < -0.3 is 19.5 Å². The summed E-state index contributed by atoms with van der Waals surface area (Å²) < 4.78 is 11.8. The summed E-state index contributed by atoms with van der Waals surface area (Å²) in [6.45, 7) is 1.42. The third-order valence-electron chi connectivity index (χ3n) is 5.56. The van der Waals surface area contributed by atoms with Gasteiger partial charge in [0, 0.05) is 18.0 Å². The molecule has 1 aliphatic carbocycles. The lowest BCUT2D eigenvalue weighted by molar-refractivity contribution is -0.111. The van der Waals surface area contributed by atoms with Gasteiger partial charge in [0.05, 0.1) is 25.4 Å². The Hall–Kier alpha value is -1.88. The topological polar surface area (TPSA) is 41.9 Å². The molecule has 0 aliphatic heterocycles. The van der Waals surface area contributed by atoms with E-state index in [2.05, 4.69) is 31.1 Å². The Bertz CT molecular complexity index is 719. The van der Waals surface area contributed by atoms with Crippen molar-refractivity contribution in [1.29, 1.82) is 0 Å². The third kappa shape index (κ3) is 4.70. The van der Waals surface area contributed by atoms with Crippen molar-refractivity contribution < 1.29 is 14.6 Å². The summed E-state index contributed by atoms with van der Waals surface area (Å²) in [5.74, 6) is 0.839. The molecular formula is C23H31NO3. The molecule has 0 heterocycles. The van der Waals surface area contributed by atoms with Gasteiger partial charge in [-0.15, -0.1) is 0 Å². The molecule has 1 fully saturated rings. The van der Waals surface area contributed by atoms with E-state index in [0.717, 1.165) is 30.7 Å². The average molecular weight is 370 g/mol. The SMILES string of the molecule is COc1ccccc1C1(O)CCC(OCc2ccccc2)CC1CN(C)C. The fourth-order valence-electron chi connectivity index (χ4n) is 4.18. The van der Waals surface area contributed by atoms with Crippen molar-refractivity contribution in [2.45, 2.75) is 37.6 Å². The number of para-hydroxylation sites is 1. The van der Waals surface area contributed by atoms with Crippen molar-refractivity contribution in [3.05, 3.63) is 65.7 Å². The first-order valence-electron chi connectivity index (χ1n) is 9.69. The van der Waals surface area contributed by atoms with Crippen LogP contribution in [0.2, 0.25) is 0 Å². The summed E-state index contributed by atoms with van der Waals surface area (Å²) in [7, 11) is 5.77. The Morgan fingerprint density at radius 2 is 1.78 bits per heavy atom. The minimum absolute atomic E-state index is 0.0818. The summed E-state index contributed by atoms with van der Waals surface area (Å²) in [4.78, 5) is 2.14. The van der Waals surface area contributed by atoms with Crippen LogP contribution in [0.1, 0.15) is 30.4 Å². The maximum absolute atomic E-state index is 11.7. The van der Waals surface area contributed by atoms with E-state index in [9.17, 15) is 5.11 Å². The summed E-state index contributed by atoms with van der Waals surface area (Å²) in [5.41, 5.74) is 1.18. The van der Waals surface area contributed by atoms with Gasteiger partial charge in [-0.05, 0) is 45.0 Å². The van der Waals surface area contributed by atoms with Crippen LogP contribution < -0.4 is 4.74 Å². The van der Waals surface area contributed by atoms with E-state index < -0.39 is 5.60 Å². The van der Waals surface area contributed by atoms with E-state index in [1.807, 2.05) is 42.5 Å². The molecule has 1 saturated carbocycles. The van der Waals surface area contributed by atoms with Crippen molar-refractivity contribution in [1.82, 2.24) is 4.90 Å². The minimum Gasteiger partial charge on any atom is -0.496 e. The Morgan fingerprint density at radius 1 is 1.07 bits per heavy atom. The van der Waals surface area contributed by atoms with Crippen LogP contribution >= 0.6 is 0 Å². The highest BCUT2D eigenvalue weighted by molar-refractivity contribution is 5.39. The van der Waals surface area contributed by atoms with E-state index in [4.69, 9.17) is 9.47 Å². The first-order valence-corrected chi connectivity index (χ1v) is 9.69. The molecule has 0 bridgehead atoms. The maximum Gasteiger partial charge on any atom is 0.124 e. The van der Waals surface area contributed by atoms with Crippen molar-refractivity contribution >= 4 is 0 Å². The predicted molar refractivity (Wildman–Crippen MR) is 108 cm³/mol. The molecule has 4 heteroatoms. The molecule has 27 heavy (non-hydrogen) atoms. The Kier molecular flexibility index (Phi) is 6.53. The van der Waals surface area contributed by atoms with Crippen LogP contribution in [0.3, 0.4) is 0 Å². The first-order chi connectivity index (χ1) is 13.0.